The molecule has 82 valence electrons. The SMILES string of the molecule is COc1cc(NC2CCSCC2)ncn1. The summed E-state index contributed by atoms with van der Waals surface area (Å²) in [6, 6.07) is 2.38. The van der Waals surface area contributed by atoms with Crippen molar-refractivity contribution in [1.82, 2.24) is 9.97 Å². The molecular formula is C10H15N3OS. The lowest BCUT2D eigenvalue weighted by atomic mass is 10.1. The highest BCUT2D eigenvalue weighted by Gasteiger charge is 2.13. The summed E-state index contributed by atoms with van der Waals surface area (Å²) in [4.78, 5) is 8.15. The molecule has 1 fully saturated rings. The van der Waals surface area contributed by atoms with Crippen molar-refractivity contribution in [2.45, 2.75) is 18.9 Å². The quantitative estimate of drug-likeness (QED) is 0.850. The topological polar surface area (TPSA) is 47.0 Å². The summed E-state index contributed by atoms with van der Waals surface area (Å²) >= 11 is 2.02. The Morgan fingerprint density at radius 1 is 1.40 bits per heavy atom. The second-order valence-corrected chi connectivity index (χ2v) is 4.70. The van der Waals surface area contributed by atoms with Gasteiger partial charge in [0.25, 0.3) is 0 Å². The van der Waals surface area contributed by atoms with E-state index in [1.807, 2.05) is 17.8 Å². The zero-order valence-corrected chi connectivity index (χ0v) is 9.59. The molecule has 0 bridgehead atoms. The molecule has 0 atom stereocenters. The van der Waals surface area contributed by atoms with E-state index in [4.69, 9.17) is 4.74 Å². The van der Waals surface area contributed by atoms with E-state index < -0.39 is 0 Å². The van der Waals surface area contributed by atoms with Crippen LogP contribution in [0.2, 0.25) is 0 Å². The Morgan fingerprint density at radius 3 is 2.93 bits per heavy atom. The van der Waals surface area contributed by atoms with Gasteiger partial charge in [-0.25, -0.2) is 9.97 Å². The van der Waals surface area contributed by atoms with Gasteiger partial charge in [0.05, 0.1) is 7.11 Å². The molecule has 0 aliphatic carbocycles. The zero-order valence-electron chi connectivity index (χ0n) is 8.77. The molecule has 0 saturated carbocycles. The Bertz CT molecular complexity index is 315. The molecule has 4 nitrogen and oxygen atoms in total. The first-order valence-corrected chi connectivity index (χ1v) is 6.24. The fraction of sp³-hybridized carbons (Fsp3) is 0.600. The molecule has 0 unspecified atom stereocenters. The molecule has 2 rings (SSSR count). The number of ether oxygens (including phenoxy) is 1. The maximum Gasteiger partial charge on any atom is 0.218 e. The van der Waals surface area contributed by atoms with Crippen LogP contribution in [0.5, 0.6) is 5.88 Å². The number of hydrogen-bond donors (Lipinski definition) is 1. The Balaban J connectivity index is 1.96. The number of methoxy groups -OCH3 is 1. The second kappa shape index (κ2) is 5.21. The third-order valence-corrected chi connectivity index (χ3v) is 3.47. The van der Waals surface area contributed by atoms with E-state index in [9.17, 15) is 0 Å². The van der Waals surface area contributed by atoms with Crippen LogP contribution < -0.4 is 10.1 Å². The van der Waals surface area contributed by atoms with Gasteiger partial charge in [-0.15, -0.1) is 0 Å². The van der Waals surface area contributed by atoms with Gasteiger partial charge < -0.3 is 10.1 Å². The summed E-state index contributed by atoms with van der Waals surface area (Å²) in [6.07, 6.45) is 3.94. The number of aromatic nitrogens is 2. The van der Waals surface area contributed by atoms with E-state index in [2.05, 4.69) is 15.3 Å². The first-order chi connectivity index (χ1) is 7.38. The number of nitrogens with zero attached hydrogens (tertiary/aromatic N) is 2. The molecule has 1 aliphatic heterocycles. The van der Waals surface area contributed by atoms with E-state index in [0.717, 1.165) is 5.82 Å². The van der Waals surface area contributed by atoms with Gasteiger partial charge in [-0.2, -0.15) is 11.8 Å². The van der Waals surface area contributed by atoms with Gasteiger partial charge in [0, 0.05) is 12.1 Å². The average molecular weight is 225 g/mol. The Morgan fingerprint density at radius 2 is 2.20 bits per heavy atom. The molecule has 2 heterocycles. The zero-order chi connectivity index (χ0) is 10.5. The molecule has 1 aromatic heterocycles. The third-order valence-electron chi connectivity index (χ3n) is 2.42. The Hall–Kier alpha value is -0.970. The van der Waals surface area contributed by atoms with Gasteiger partial charge >= 0.3 is 0 Å². The van der Waals surface area contributed by atoms with Crippen LogP contribution >= 0.6 is 11.8 Å². The molecule has 1 aromatic rings. The van der Waals surface area contributed by atoms with Crippen LogP contribution in [0.3, 0.4) is 0 Å². The van der Waals surface area contributed by atoms with Crippen LogP contribution in [0.4, 0.5) is 5.82 Å². The van der Waals surface area contributed by atoms with Crippen molar-refractivity contribution in [2.24, 2.45) is 0 Å². The Labute approximate surface area is 93.8 Å². The van der Waals surface area contributed by atoms with E-state index in [1.165, 1.54) is 30.7 Å². The number of nitrogens with one attached hydrogen (secondary N) is 1. The van der Waals surface area contributed by atoms with Crippen molar-refractivity contribution >= 4 is 17.6 Å². The van der Waals surface area contributed by atoms with Crippen molar-refractivity contribution in [3.05, 3.63) is 12.4 Å². The van der Waals surface area contributed by atoms with Crippen LogP contribution in [-0.2, 0) is 0 Å². The van der Waals surface area contributed by atoms with Crippen molar-refractivity contribution in [3.63, 3.8) is 0 Å². The van der Waals surface area contributed by atoms with Crippen LogP contribution in [0.25, 0.3) is 0 Å². The number of rotatable bonds is 3. The van der Waals surface area contributed by atoms with Crippen LogP contribution in [-0.4, -0.2) is 34.6 Å². The first kappa shape index (κ1) is 10.5. The fourth-order valence-electron chi connectivity index (χ4n) is 1.58. The number of thioether (sulfide) groups is 1. The highest BCUT2D eigenvalue weighted by Crippen LogP contribution is 2.20. The largest absolute Gasteiger partial charge is 0.481 e. The molecule has 1 saturated heterocycles. The summed E-state index contributed by atoms with van der Waals surface area (Å²) in [6.45, 7) is 0. The average Bonchev–Trinajstić information content (AvgIpc) is 2.31. The van der Waals surface area contributed by atoms with Gasteiger partial charge in [-0.3, -0.25) is 0 Å². The van der Waals surface area contributed by atoms with Crippen LogP contribution in [0.1, 0.15) is 12.8 Å². The van der Waals surface area contributed by atoms with Crippen molar-refractivity contribution in [2.75, 3.05) is 23.9 Å². The molecule has 1 aliphatic rings. The predicted molar refractivity (Wildman–Crippen MR) is 62.6 cm³/mol. The summed E-state index contributed by atoms with van der Waals surface area (Å²) in [7, 11) is 1.61. The highest BCUT2D eigenvalue weighted by molar-refractivity contribution is 7.99. The van der Waals surface area contributed by atoms with Gasteiger partial charge in [-0.1, -0.05) is 0 Å². The monoisotopic (exact) mass is 225 g/mol. The number of hydrogen-bond acceptors (Lipinski definition) is 5. The van der Waals surface area contributed by atoms with Gasteiger partial charge in [-0.05, 0) is 24.3 Å². The lowest BCUT2D eigenvalue weighted by Crippen LogP contribution is -2.24. The van der Waals surface area contributed by atoms with Crippen molar-refractivity contribution < 1.29 is 4.74 Å². The lowest BCUT2D eigenvalue weighted by Gasteiger charge is -2.22. The van der Waals surface area contributed by atoms with Crippen LogP contribution in [0, 0.1) is 0 Å². The molecular weight excluding hydrogens is 210 g/mol. The summed E-state index contributed by atoms with van der Waals surface area (Å²) < 4.78 is 5.05. The summed E-state index contributed by atoms with van der Waals surface area (Å²) in [5.41, 5.74) is 0. The second-order valence-electron chi connectivity index (χ2n) is 3.48. The third kappa shape index (κ3) is 2.99. The van der Waals surface area contributed by atoms with Crippen LogP contribution in [0.15, 0.2) is 12.4 Å². The van der Waals surface area contributed by atoms with E-state index in [0.29, 0.717) is 11.9 Å². The lowest BCUT2D eigenvalue weighted by molar-refractivity contribution is 0.397. The molecule has 0 spiro atoms. The van der Waals surface area contributed by atoms with Gasteiger partial charge in [0.15, 0.2) is 0 Å². The van der Waals surface area contributed by atoms with E-state index in [1.54, 1.807) is 7.11 Å². The van der Waals surface area contributed by atoms with Crippen molar-refractivity contribution in [3.8, 4) is 5.88 Å². The number of anilines is 1. The predicted octanol–water partition coefficient (Wildman–Crippen LogP) is 1.79. The standard InChI is InChI=1S/C10H15N3OS/c1-14-10-6-9(11-7-12-10)13-8-2-4-15-5-3-8/h6-8H,2-5H2,1H3,(H,11,12,13). The molecule has 0 aromatic carbocycles. The first-order valence-electron chi connectivity index (χ1n) is 5.09. The van der Waals surface area contributed by atoms with Gasteiger partial charge in [0.1, 0.15) is 12.1 Å². The molecule has 0 radical (unpaired) electrons. The summed E-state index contributed by atoms with van der Waals surface area (Å²) in [5.74, 6) is 3.94. The summed E-state index contributed by atoms with van der Waals surface area (Å²) in [5, 5.41) is 3.41. The maximum absolute atomic E-state index is 5.05. The molecule has 0 amide bonds. The maximum atomic E-state index is 5.05. The smallest absolute Gasteiger partial charge is 0.218 e. The van der Waals surface area contributed by atoms with Crippen molar-refractivity contribution in [1.29, 1.82) is 0 Å². The minimum Gasteiger partial charge on any atom is -0.481 e. The molecule has 5 heteroatoms. The molecule has 15 heavy (non-hydrogen) atoms. The van der Waals surface area contributed by atoms with E-state index in [-0.39, 0.29) is 0 Å². The van der Waals surface area contributed by atoms with Gasteiger partial charge in [0.2, 0.25) is 5.88 Å². The molecule has 1 N–H and O–H groups in total. The fourth-order valence-corrected chi connectivity index (χ4v) is 2.69. The minimum atomic E-state index is 0.547. The normalized spacial score (nSPS) is 17.4. The minimum absolute atomic E-state index is 0.547. The van der Waals surface area contributed by atoms with E-state index >= 15 is 0 Å². The Kier molecular flexibility index (Phi) is 3.66. The highest BCUT2D eigenvalue weighted by atomic mass is 32.2.